The van der Waals surface area contributed by atoms with Crippen LogP contribution < -0.4 is 4.74 Å². The second kappa shape index (κ2) is 6.59. The van der Waals surface area contributed by atoms with E-state index < -0.39 is 0 Å². The number of aliphatic hydroxyl groups is 1. The molecule has 0 amide bonds. The molecular formula is C17H28NO2+. The molecule has 3 heteroatoms. The van der Waals surface area contributed by atoms with Gasteiger partial charge in [-0.15, -0.1) is 0 Å². The minimum absolute atomic E-state index is 0.102. The van der Waals surface area contributed by atoms with Gasteiger partial charge in [-0.1, -0.05) is 18.2 Å². The number of benzene rings is 1. The van der Waals surface area contributed by atoms with E-state index in [1.807, 2.05) is 0 Å². The number of ether oxygens (including phenoxy) is 1. The van der Waals surface area contributed by atoms with E-state index in [9.17, 15) is 5.11 Å². The van der Waals surface area contributed by atoms with Crippen LogP contribution in [0.3, 0.4) is 0 Å². The summed E-state index contributed by atoms with van der Waals surface area (Å²) < 4.78 is 7.04. The number of hydrogen-bond donors (Lipinski definition) is 1. The molecule has 112 valence electrons. The molecule has 0 aliphatic carbocycles. The number of quaternary nitrogens is 1. The van der Waals surface area contributed by atoms with Crippen molar-refractivity contribution >= 4 is 0 Å². The topological polar surface area (TPSA) is 29.5 Å². The molecule has 1 aromatic rings. The highest BCUT2D eigenvalue weighted by molar-refractivity contribution is 5.39. The van der Waals surface area contributed by atoms with E-state index in [2.05, 4.69) is 39.1 Å². The minimum Gasteiger partial charge on any atom is -0.487 e. The molecule has 20 heavy (non-hydrogen) atoms. The first-order chi connectivity index (χ1) is 9.50. The lowest BCUT2D eigenvalue weighted by Gasteiger charge is -2.33. The number of para-hydroxylation sites is 1. The molecule has 1 N–H and O–H groups in total. The molecule has 1 fully saturated rings. The van der Waals surface area contributed by atoms with E-state index in [0.717, 1.165) is 55.7 Å². The van der Waals surface area contributed by atoms with Gasteiger partial charge in [0.1, 0.15) is 18.9 Å². The largest absolute Gasteiger partial charge is 0.487 e. The quantitative estimate of drug-likeness (QED) is 0.858. The third kappa shape index (κ3) is 3.97. The molecule has 1 saturated heterocycles. The molecule has 0 aromatic heterocycles. The maximum absolute atomic E-state index is 9.76. The minimum atomic E-state index is -0.102. The van der Waals surface area contributed by atoms with Crippen molar-refractivity contribution in [3.05, 3.63) is 29.3 Å². The highest BCUT2D eigenvalue weighted by atomic mass is 16.5. The van der Waals surface area contributed by atoms with Gasteiger partial charge < -0.3 is 14.3 Å². The van der Waals surface area contributed by atoms with Crippen molar-refractivity contribution in [2.45, 2.75) is 39.2 Å². The summed E-state index contributed by atoms with van der Waals surface area (Å²) in [5.74, 6) is 1.04. The average Bonchev–Trinajstić information content (AvgIpc) is 2.56. The van der Waals surface area contributed by atoms with Crippen LogP contribution in [-0.4, -0.2) is 49.0 Å². The molecule has 1 aliphatic heterocycles. The summed E-state index contributed by atoms with van der Waals surface area (Å²) in [6.45, 7) is 8.16. The number of aliphatic hydroxyl groups excluding tert-OH is 1. The van der Waals surface area contributed by atoms with Crippen molar-refractivity contribution < 1.29 is 14.3 Å². The van der Waals surface area contributed by atoms with Gasteiger partial charge in [0.05, 0.1) is 26.2 Å². The van der Waals surface area contributed by atoms with Gasteiger partial charge in [-0.2, -0.15) is 0 Å². The molecular weight excluding hydrogens is 250 g/mol. The van der Waals surface area contributed by atoms with Crippen LogP contribution in [-0.2, 0) is 0 Å². The van der Waals surface area contributed by atoms with Gasteiger partial charge in [0, 0.05) is 6.42 Å². The molecule has 0 spiro atoms. The Balaban J connectivity index is 1.89. The zero-order chi connectivity index (χ0) is 14.6. The van der Waals surface area contributed by atoms with Gasteiger partial charge in [0.25, 0.3) is 0 Å². The van der Waals surface area contributed by atoms with Crippen molar-refractivity contribution in [3.8, 4) is 5.75 Å². The van der Waals surface area contributed by atoms with Gasteiger partial charge in [-0.3, -0.25) is 0 Å². The molecule has 1 aliphatic rings. The third-order valence-electron chi connectivity index (χ3n) is 4.52. The van der Waals surface area contributed by atoms with Crippen LogP contribution in [0.1, 0.15) is 30.4 Å². The third-order valence-corrected chi connectivity index (χ3v) is 4.52. The molecule has 1 heterocycles. The van der Waals surface area contributed by atoms with E-state index in [0.29, 0.717) is 0 Å². The zero-order valence-electron chi connectivity index (χ0n) is 13.1. The van der Waals surface area contributed by atoms with Gasteiger partial charge in [-0.05, 0) is 37.8 Å². The number of rotatable bonds is 4. The molecule has 0 saturated carbocycles. The standard InChI is InChI=1S/C17H28NO2/c1-14-6-4-7-15(2)17(14)20-13-12-18(3)10-5-8-16(19)9-11-18/h4,6-7,16,19H,5,8-13H2,1-3H3/q+1. The van der Waals surface area contributed by atoms with Crippen LogP contribution in [0, 0.1) is 13.8 Å². The highest BCUT2D eigenvalue weighted by Gasteiger charge is 2.26. The summed E-state index contributed by atoms with van der Waals surface area (Å²) in [6.07, 6.45) is 2.88. The van der Waals surface area contributed by atoms with E-state index in [1.54, 1.807) is 0 Å². The fourth-order valence-electron chi connectivity index (χ4n) is 3.04. The zero-order valence-corrected chi connectivity index (χ0v) is 13.1. The van der Waals surface area contributed by atoms with Crippen LogP contribution in [0.15, 0.2) is 18.2 Å². The Bertz CT molecular complexity index is 426. The lowest BCUT2D eigenvalue weighted by molar-refractivity contribution is -0.908. The number of hydrogen-bond acceptors (Lipinski definition) is 2. The van der Waals surface area contributed by atoms with Crippen LogP contribution in [0.25, 0.3) is 0 Å². The number of likely N-dealkylation sites (N-methyl/N-ethyl adjacent to an activating group) is 1. The number of likely N-dealkylation sites (tertiary alicyclic amines) is 1. The van der Waals surface area contributed by atoms with Gasteiger partial charge in [0.15, 0.2) is 0 Å². The maximum atomic E-state index is 9.76. The van der Waals surface area contributed by atoms with Gasteiger partial charge >= 0.3 is 0 Å². The maximum Gasteiger partial charge on any atom is 0.137 e. The van der Waals surface area contributed by atoms with Crippen molar-refractivity contribution in [1.29, 1.82) is 0 Å². The summed E-state index contributed by atoms with van der Waals surface area (Å²) >= 11 is 0. The van der Waals surface area contributed by atoms with Crippen molar-refractivity contribution in [2.24, 2.45) is 0 Å². The van der Waals surface area contributed by atoms with E-state index in [-0.39, 0.29) is 6.10 Å². The van der Waals surface area contributed by atoms with Crippen molar-refractivity contribution in [1.82, 2.24) is 0 Å². The molecule has 0 bridgehead atoms. The predicted octanol–water partition coefficient (Wildman–Crippen LogP) is 2.67. The van der Waals surface area contributed by atoms with Gasteiger partial charge in [-0.25, -0.2) is 0 Å². The SMILES string of the molecule is Cc1cccc(C)c1OCC[N+]1(C)CCCC(O)CC1. The van der Waals surface area contributed by atoms with E-state index in [4.69, 9.17) is 4.74 Å². The lowest BCUT2D eigenvalue weighted by atomic mass is 10.1. The Hall–Kier alpha value is -1.06. The lowest BCUT2D eigenvalue weighted by Crippen LogP contribution is -2.47. The summed E-state index contributed by atoms with van der Waals surface area (Å²) in [7, 11) is 2.28. The second-order valence-electron chi connectivity index (χ2n) is 6.44. The molecule has 2 unspecified atom stereocenters. The van der Waals surface area contributed by atoms with Crippen molar-refractivity contribution in [2.75, 3.05) is 33.3 Å². The highest BCUT2D eigenvalue weighted by Crippen LogP contribution is 2.23. The Labute approximate surface area is 122 Å². The van der Waals surface area contributed by atoms with Crippen molar-refractivity contribution in [3.63, 3.8) is 0 Å². The molecule has 2 rings (SSSR count). The molecule has 1 aromatic carbocycles. The smallest absolute Gasteiger partial charge is 0.137 e. The first-order valence-electron chi connectivity index (χ1n) is 7.71. The summed E-state index contributed by atoms with van der Waals surface area (Å²) in [6, 6.07) is 6.27. The Kier molecular flexibility index (Phi) is 5.06. The molecule has 0 radical (unpaired) electrons. The Morgan fingerprint density at radius 2 is 1.90 bits per heavy atom. The van der Waals surface area contributed by atoms with Gasteiger partial charge in [0.2, 0.25) is 0 Å². The monoisotopic (exact) mass is 278 g/mol. The Morgan fingerprint density at radius 1 is 1.20 bits per heavy atom. The number of nitrogens with zero attached hydrogens (tertiary/aromatic N) is 1. The van der Waals surface area contributed by atoms with E-state index >= 15 is 0 Å². The van der Waals surface area contributed by atoms with Crippen LogP contribution in [0.4, 0.5) is 0 Å². The predicted molar refractivity (Wildman–Crippen MR) is 82.1 cm³/mol. The summed E-state index contributed by atoms with van der Waals surface area (Å²) in [5, 5.41) is 9.76. The number of aryl methyl sites for hydroxylation is 2. The molecule has 2 atom stereocenters. The average molecular weight is 278 g/mol. The Morgan fingerprint density at radius 3 is 2.60 bits per heavy atom. The van der Waals surface area contributed by atoms with Crippen LogP contribution in [0.5, 0.6) is 5.75 Å². The molecule has 3 nitrogen and oxygen atoms in total. The first-order valence-corrected chi connectivity index (χ1v) is 7.71. The fourth-order valence-corrected chi connectivity index (χ4v) is 3.04. The first kappa shape index (κ1) is 15.3. The fraction of sp³-hybridized carbons (Fsp3) is 0.647. The summed E-state index contributed by atoms with van der Waals surface area (Å²) in [4.78, 5) is 0. The van der Waals surface area contributed by atoms with E-state index in [1.165, 1.54) is 11.1 Å². The van der Waals surface area contributed by atoms with Crippen LogP contribution in [0.2, 0.25) is 0 Å². The second-order valence-corrected chi connectivity index (χ2v) is 6.44. The van der Waals surface area contributed by atoms with Crippen LogP contribution >= 0.6 is 0 Å². The normalized spacial score (nSPS) is 27.1. The summed E-state index contributed by atoms with van der Waals surface area (Å²) in [5.41, 5.74) is 2.41.